The van der Waals surface area contributed by atoms with E-state index in [1.165, 1.54) is 0 Å². The number of anilines is 1. The standard InChI is InChI=1S/C12H10Br2N2O/c13-8-2-4-12(11(15)5-8)17-7-10-3-1-9(14)6-16-10/h1-6H,7,15H2. The van der Waals surface area contributed by atoms with Crippen molar-refractivity contribution in [1.29, 1.82) is 0 Å². The van der Waals surface area contributed by atoms with Crippen LogP contribution in [0.3, 0.4) is 0 Å². The lowest BCUT2D eigenvalue weighted by atomic mass is 10.3. The van der Waals surface area contributed by atoms with Gasteiger partial charge in [-0.3, -0.25) is 4.98 Å². The Morgan fingerprint density at radius 1 is 1.12 bits per heavy atom. The van der Waals surface area contributed by atoms with Crippen LogP contribution in [0.4, 0.5) is 5.69 Å². The normalized spacial score (nSPS) is 10.2. The van der Waals surface area contributed by atoms with E-state index in [1.54, 1.807) is 6.20 Å². The molecule has 0 aliphatic heterocycles. The summed E-state index contributed by atoms with van der Waals surface area (Å²) in [5.74, 6) is 0.665. The number of nitrogens with zero attached hydrogens (tertiary/aromatic N) is 1. The van der Waals surface area contributed by atoms with Gasteiger partial charge in [-0.25, -0.2) is 0 Å². The summed E-state index contributed by atoms with van der Waals surface area (Å²) in [6.45, 7) is 0.402. The van der Waals surface area contributed by atoms with Crippen LogP contribution in [0.5, 0.6) is 5.75 Å². The predicted molar refractivity (Wildman–Crippen MR) is 74.8 cm³/mol. The van der Waals surface area contributed by atoms with Crippen molar-refractivity contribution in [3.63, 3.8) is 0 Å². The fraction of sp³-hybridized carbons (Fsp3) is 0.0833. The maximum atomic E-state index is 5.83. The topological polar surface area (TPSA) is 48.1 Å². The molecule has 0 aliphatic rings. The van der Waals surface area contributed by atoms with E-state index in [2.05, 4.69) is 36.8 Å². The SMILES string of the molecule is Nc1cc(Br)ccc1OCc1ccc(Br)cn1. The van der Waals surface area contributed by atoms with Gasteiger partial charge >= 0.3 is 0 Å². The molecule has 0 saturated heterocycles. The number of hydrogen-bond acceptors (Lipinski definition) is 3. The van der Waals surface area contributed by atoms with Crippen molar-refractivity contribution >= 4 is 37.5 Å². The Labute approximate surface area is 116 Å². The molecule has 2 N–H and O–H groups in total. The fourth-order valence-electron chi connectivity index (χ4n) is 1.29. The number of nitrogen functional groups attached to an aromatic ring is 1. The largest absolute Gasteiger partial charge is 0.485 e. The quantitative estimate of drug-likeness (QED) is 0.850. The van der Waals surface area contributed by atoms with Gasteiger partial charge in [-0.05, 0) is 46.3 Å². The highest BCUT2D eigenvalue weighted by Crippen LogP contribution is 2.25. The first-order valence-corrected chi connectivity index (χ1v) is 6.52. The molecular formula is C12H10Br2N2O. The Balaban J connectivity index is 2.04. The molecular weight excluding hydrogens is 348 g/mol. The van der Waals surface area contributed by atoms with Crippen molar-refractivity contribution in [3.05, 3.63) is 51.2 Å². The molecule has 1 aromatic heterocycles. The molecule has 1 aromatic carbocycles. The van der Waals surface area contributed by atoms with Crippen LogP contribution in [0, 0.1) is 0 Å². The zero-order valence-electron chi connectivity index (χ0n) is 8.86. The molecule has 17 heavy (non-hydrogen) atoms. The first-order valence-electron chi connectivity index (χ1n) is 4.93. The number of nitrogens with two attached hydrogens (primary N) is 1. The lowest BCUT2D eigenvalue weighted by Gasteiger charge is -2.08. The van der Waals surface area contributed by atoms with E-state index >= 15 is 0 Å². The van der Waals surface area contributed by atoms with Crippen molar-refractivity contribution in [3.8, 4) is 5.75 Å². The molecule has 0 amide bonds. The number of hydrogen-bond donors (Lipinski definition) is 1. The molecule has 0 spiro atoms. The number of aromatic nitrogens is 1. The summed E-state index contributed by atoms with van der Waals surface area (Å²) in [4.78, 5) is 4.22. The van der Waals surface area contributed by atoms with Crippen LogP contribution in [0.1, 0.15) is 5.69 Å². The van der Waals surface area contributed by atoms with Gasteiger partial charge < -0.3 is 10.5 Å². The lowest BCUT2D eigenvalue weighted by Crippen LogP contribution is -2.00. The third kappa shape index (κ3) is 3.44. The minimum Gasteiger partial charge on any atom is -0.485 e. The summed E-state index contributed by atoms with van der Waals surface area (Å²) >= 11 is 6.68. The summed E-state index contributed by atoms with van der Waals surface area (Å²) in [6, 6.07) is 9.36. The second-order valence-electron chi connectivity index (χ2n) is 3.44. The third-order valence-corrected chi connectivity index (χ3v) is 3.10. The van der Waals surface area contributed by atoms with Gasteiger partial charge in [0.05, 0.1) is 11.4 Å². The average Bonchev–Trinajstić information content (AvgIpc) is 2.30. The van der Waals surface area contributed by atoms with Gasteiger partial charge in [-0.2, -0.15) is 0 Å². The molecule has 2 aromatic rings. The van der Waals surface area contributed by atoms with Crippen molar-refractivity contribution in [2.24, 2.45) is 0 Å². The van der Waals surface area contributed by atoms with Crippen molar-refractivity contribution < 1.29 is 4.74 Å². The van der Waals surface area contributed by atoms with Gasteiger partial charge in [-0.1, -0.05) is 15.9 Å². The first-order chi connectivity index (χ1) is 8.15. The average molecular weight is 358 g/mol. The molecule has 0 aliphatic carbocycles. The van der Waals surface area contributed by atoms with E-state index in [9.17, 15) is 0 Å². The summed E-state index contributed by atoms with van der Waals surface area (Å²) in [6.07, 6.45) is 1.74. The molecule has 2 rings (SSSR count). The van der Waals surface area contributed by atoms with Crippen molar-refractivity contribution in [1.82, 2.24) is 4.98 Å². The maximum absolute atomic E-state index is 5.83. The van der Waals surface area contributed by atoms with Crippen LogP contribution in [-0.4, -0.2) is 4.98 Å². The Morgan fingerprint density at radius 3 is 2.53 bits per heavy atom. The van der Waals surface area contributed by atoms with Gasteiger partial charge in [0, 0.05) is 15.1 Å². The zero-order valence-corrected chi connectivity index (χ0v) is 12.0. The van der Waals surface area contributed by atoms with E-state index in [-0.39, 0.29) is 0 Å². The highest BCUT2D eigenvalue weighted by molar-refractivity contribution is 9.10. The predicted octanol–water partition coefficient (Wildman–Crippen LogP) is 3.77. The number of benzene rings is 1. The van der Waals surface area contributed by atoms with Gasteiger partial charge in [0.15, 0.2) is 0 Å². The lowest BCUT2D eigenvalue weighted by molar-refractivity contribution is 0.303. The maximum Gasteiger partial charge on any atom is 0.142 e. The molecule has 0 radical (unpaired) electrons. The fourth-order valence-corrected chi connectivity index (χ4v) is 1.91. The minimum atomic E-state index is 0.402. The zero-order chi connectivity index (χ0) is 12.3. The first kappa shape index (κ1) is 12.4. The Hall–Kier alpha value is -1.07. The number of halogens is 2. The Morgan fingerprint density at radius 2 is 1.88 bits per heavy atom. The van der Waals surface area contributed by atoms with Gasteiger partial charge in [0.2, 0.25) is 0 Å². The van der Waals surface area contributed by atoms with Crippen LogP contribution >= 0.6 is 31.9 Å². The molecule has 0 atom stereocenters. The molecule has 1 heterocycles. The Bertz CT molecular complexity index is 514. The van der Waals surface area contributed by atoms with E-state index < -0.39 is 0 Å². The summed E-state index contributed by atoms with van der Waals surface area (Å²) in [5, 5.41) is 0. The van der Waals surface area contributed by atoms with Crippen LogP contribution in [0.15, 0.2) is 45.5 Å². The molecule has 88 valence electrons. The second kappa shape index (κ2) is 5.51. The highest BCUT2D eigenvalue weighted by Gasteiger charge is 2.02. The monoisotopic (exact) mass is 356 g/mol. The highest BCUT2D eigenvalue weighted by atomic mass is 79.9. The number of rotatable bonds is 3. The molecule has 0 unspecified atom stereocenters. The van der Waals surface area contributed by atoms with Crippen LogP contribution in [0.25, 0.3) is 0 Å². The van der Waals surface area contributed by atoms with Gasteiger partial charge in [0.25, 0.3) is 0 Å². The van der Waals surface area contributed by atoms with Crippen LogP contribution in [0.2, 0.25) is 0 Å². The molecule has 5 heteroatoms. The van der Waals surface area contributed by atoms with E-state index in [0.717, 1.165) is 14.6 Å². The molecule has 0 saturated carbocycles. The van der Waals surface area contributed by atoms with E-state index in [1.807, 2.05) is 30.3 Å². The minimum absolute atomic E-state index is 0.402. The van der Waals surface area contributed by atoms with Crippen molar-refractivity contribution in [2.45, 2.75) is 6.61 Å². The Kier molecular flexibility index (Phi) is 4.02. The van der Waals surface area contributed by atoms with E-state index in [0.29, 0.717) is 18.0 Å². The van der Waals surface area contributed by atoms with Crippen molar-refractivity contribution in [2.75, 3.05) is 5.73 Å². The number of pyridine rings is 1. The van der Waals surface area contributed by atoms with Gasteiger partial charge in [0.1, 0.15) is 12.4 Å². The third-order valence-electron chi connectivity index (χ3n) is 2.14. The summed E-state index contributed by atoms with van der Waals surface area (Å²) < 4.78 is 7.48. The van der Waals surface area contributed by atoms with Crippen LogP contribution in [-0.2, 0) is 6.61 Å². The molecule has 0 fully saturated rings. The smallest absolute Gasteiger partial charge is 0.142 e. The molecule has 0 bridgehead atoms. The van der Waals surface area contributed by atoms with Gasteiger partial charge in [-0.15, -0.1) is 0 Å². The summed E-state index contributed by atoms with van der Waals surface area (Å²) in [7, 11) is 0. The van der Waals surface area contributed by atoms with E-state index in [4.69, 9.17) is 10.5 Å². The molecule has 3 nitrogen and oxygen atoms in total. The second-order valence-corrected chi connectivity index (χ2v) is 5.27. The summed E-state index contributed by atoms with van der Waals surface area (Å²) in [5.41, 5.74) is 7.29. The number of ether oxygens (including phenoxy) is 1. The van der Waals surface area contributed by atoms with Crippen LogP contribution < -0.4 is 10.5 Å².